The van der Waals surface area contributed by atoms with Crippen LogP contribution in [0.3, 0.4) is 0 Å². The average molecular weight is 338 g/mol. The van der Waals surface area contributed by atoms with E-state index in [9.17, 15) is 13.6 Å². The number of benzene rings is 2. The van der Waals surface area contributed by atoms with E-state index in [1.54, 1.807) is 28.8 Å². The molecule has 2 aromatic carbocycles. The summed E-state index contributed by atoms with van der Waals surface area (Å²) in [5.74, 6) is -0.716. The third-order valence-electron chi connectivity index (χ3n) is 3.85. The van der Waals surface area contributed by atoms with Crippen LogP contribution in [0, 0.1) is 11.6 Å². The van der Waals surface area contributed by atoms with Gasteiger partial charge in [-0.3, -0.25) is 4.79 Å². The molecule has 0 radical (unpaired) electrons. The second kappa shape index (κ2) is 5.94. The van der Waals surface area contributed by atoms with E-state index in [1.807, 2.05) is 0 Å². The third-order valence-corrected chi connectivity index (χ3v) is 3.85. The molecule has 4 rings (SSSR count). The molecule has 4 aromatic rings. The molecular formula is C18H12F2N4O. The fourth-order valence-electron chi connectivity index (χ4n) is 2.72. The lowest BCUT2D eigenvalue weighted by atomic mass is 10.2. The SMILES string of the molecule is O=c1[nH]c(-c2ccccc2F)nc2ncn(Cc3cccc(F)c3)c12. The highest BCUT2D eigenvalue weighted by atomic mass is 19.1. The van der Waals surface area contributed by atoms with Crippen molar-refractivity contribution in [1.82, 2.24) is 19.5 Å². The predicted molar refractivity (Wildman–Crippen MR) is 89.0 cm³/mol. The number of hydrogen-bond acceptors (Lipinski definition) is 3. The third kappa shape index (κ3) is 2.80. The number of rotatable bonds is 3. The van der Waals surface area contributed by atoms with Crippen molar-refractivity contribution in [3.05, 3.63) is 82.4 Å². The van der Waals surface area contributed by atoms with Crippen molar-refractivity contribution in [2.24, 2.45) is 0 Å². The summed E-state index contributed by atoms with van der Waals surface area (Å²) in [6.07, 6.45) is 1.46. The monoisotopic (exact) mass is 338 g/mol. The van der Waals surface area contributed by atoms with Crippen molar-refractivity contribution in [1.29, 1.82) is 0 Å². The Hall–Kier alpha value is -3.35. The smallest absolute Gasteiger partial charge is 0.277 e. The van der Waals surface area contributed by atoms with Gasteiger partial charge >= 0.3 is 0 Å². The summed E-state index contributed by atoms with van der Waals surface area (Å²) in [6.45, 7) is 0.276. The maximum atomic E-state index is 13.9. The van der Waals surface area contributed by atoms with Crippen LogP contribution < -0.4 is 5.56 Å². The topological polar surface area (TPSA) is 63.6 Å². The molecule has 25 heavy (non-hydrogen) atoms. The zero-order valence-corrected chi connectivity index (χ0v) is 12.9. The first kappa shape index (κ1) is 15.2. The van der Waals surface area contributed by atoms with Gasteiger partial charge in [-0.1, -0.05) is 24.3 Å². The standard InChI is InChI=1S/C18H12F2N4O/c19-12-5-3-4-11(8-12)9-24-10-21-17-15(24)18(25)23-16(22-17)13-6-1-2-7-14(13)20/h1-8,10H,9H2,(H,22,23,25). The van der Waals surface area contributed by atoms with Crippen molar-refractivity contribution >= 4 is 11.2 Å². The summed E-state index contributed by atoms with van der Waals surface area (Å²) in [5, 5.41) is 0. The maximum Gasteiger partial charge on any atom is 0.277 e. The summed E-state index contributed by atoms with van der Waals surface area (Å²) in [5.41, 5.74) is 0.915. The Kier molecular flexibility index (Phi) is 3.61. The van der Waals surface area contributed by atoms with Crippen LogP contribution in [0.15, 0.2) is 59.7 Å². The molecule has 0 bridgehead atoms. The van der Waals surface area contributed by atoms with Crippen LogP contribution >= 0.6 is 0 Å². The zero-order chi connectivity index (χ0) is 17.4. The van der Waals surface area contributed by atoms with Crippen LogP contribution in [-0.2, 0) is 6.54 Å². The second-order valence-electron chi connectivity index (χ2n) is 5.57. The minimum Gasteiger partial charge on any atom is -0.320 e. The van der Waals surface area contributed by atoms with Crippen molar-refractivity contribution in [3.63, 3.8) is 0 Å². The summed E-state index contributed by atoms with van der Waals surface area (Å²) < 4.78 is 28.8. The van der Waals surface area contributed by atoms with Gasteiger partial charge in [-0.2, -0.15) is 0 Å². The first-order valence-corrected chi connectivity index (χ1v) is 7.56. The van der Waals surface area contributed by atoms with Crippen LogP contribution in [0.1, 0.15) is 5.56 Å². The van der Waals surface area contributed by atoms with Crippen molar-refractivity contribution in [2.75, 3.05) is 0 Å². The fourth-order valence-corrected chi connectivity index (χ4v) is 2.72. The van der Waals surface area contributed by atoms with Crippen molar-refractivity contribution < 1.29 is 8.78 Å². The normalized spacial score (nSPS) is 11.1. The zero-order valence-electron chi connectivity index (χ0n) is 12.9. The number of H-pyrrole nitrogens is 1. The number of fused-ring (bicyclic) bond motifs is 1. The van der Waals surface area contributed by atoms with Crippen LogP contribution in [0.4, 0.5) is 8.78 Å². The molecule has 7 heteroatoms. The molecule has 1 N–H and O–H groups in total. The van der Waals surface area contributed by atoms with Crippen LogP contribution in [-0.4, -0.2) is 19.5 Å². The summed E-state index contributed by atoms with van der Waals surface area (Å²) in [4.78, 5) is 23.4. The highest BCUT2D eigenvalue weighted by Gasteiger charge is 2.14. The quantitative estimate of drug-likeness (QED) is 0.624. The van der Waals surface area contributed by atoms with Crippen LogP contribution in [0.25, 0.3) is 22.6 Å². The molecule has 0 saturated carbocycles. The van der Waals surface area contributed by atoms with E-state index in [1.165, 1.54) is 30.6 Å². The first-order valence-electron chi connectivity index (χ1n) is 7.56. The second-order valence-corrected chi connectivity index (χ2v) is 5.57. The predicted octanol–water partition coefficient (Wildman–Crippen LogP) is 3.11. The van der Waals surface area contributed by atoms with Gasteiger partial charge in [0.2, 0.25) is 0 Å². The number of nitrogens with one attached hydrogen (secondary N) is 1. The molecule has 0 aliphatic carbocycles. The van der Waals surface area contributed by atoms with E-state index in [-0.39, 0.29) is 34.9 Å². The molecule has 124 valence electrons. The average Bonchev–Trinajstić information content (AvgIpc) is 2.98. The number of hydrogen-bond donors (Lipinski definition) is 1. The maximum absolute atomic E-state index is 13.9. The Morgan fingerprint density at radius 2 is 1.92 bits per heavy atom. The van der Waals surface area contributed by atoms with Crippen LogP contribution in [0.2, 0.25) is 0 Å². The lowest BCUT2D eigenvalue weighted by molar-refractivity contribution is 0.624. The Bertz CT molecular complexity index is 1130. The molecule has 0 saturated heterocycles. The summed E-state index contributed by atoms with van der Waals surface area (Å²) in [6, 6.07) is 12.1. The Balaban J connectivity index is 1.80. The molecule has 0 unspecified atom stereocenters. The van der Waals surface area contributed by atoms with E-state index in [0.717, 1.165) is 0 Å². The molecule has 0 aliphatic rings. The minimum atomic E-state index is -0.482. The van der Waals surface area contributed by atoms with E-state index in [2.05, 4.69) is 15.0 Å². The molecule has 0 fully saturated rings. The highest BCUT2D eigenvalue weighted by Crippen LogP contribution is 2.19. The van der Waals surface area contributed by atoms with E-state index >= 15 is 0 Å². The molecule has 0 aliphatic heterocycles. The molecule has 5 nitrogen and oxygen atoms in total. The van der Waals surface area contributed by atoms with Gasteiger partial charge in [0, 0.05) is 6.54 Å². The fraction of sp³-hybridized carbons (Fsp3) is 0.0556. The minimum absolute atomic E-state index is 0.117. The first-order chi connectivity index (χ1) is 12.1. The molecule has 0 amide bonds. The Labute approximate surface area is 140 Å². The summed E-state index contributed by atoms with van der Waals surface area (Å²) >= 11 is 0. The Morgan fingerprint density at radius 3 is 2.72 bits per heavy atom. The van der Waals surface area contributed by atoms with E-state index in [4.69, 9.17) is 0 Å². The molecule has 2 heterocycles. The molecular weight excluding hydrogens is 326 g/mol. The van der Waals surface area contributed by atoms with Gasteiger partial charge in [-0.15, -0.1) is 0 Å². The van der Waals surface area contributed by atoms with Gasteiger partial charge in [0.25, 0.3) is 5.56 Å². The number of halogens is 2. The number of imidazole rings is 1. The molecule has 0 atom stereocenters. The highest BCUT2D eigenvalue weighted by molar-refractivity contribution is 5.72. The van der Waals surface area contributed by atoms with Crippen molar-refractivity contribution in [3.8, 4) is 11.4 Å². The molecule has 0 spiro atoms. The molecule has 2 aromatic heterocycles. The number of aromatic amines is 1. The lowest BCUT2D eigenvalue weighted by Gasteiger charge is -2.05. The summed E-state index contributed by atoms with van der Waals surface area (Å²) in [7, 11) is 0. The van der Waals surface area contributed by atoms with Gasteiger partial charge in [-0.05, 0) is 29.8 Å². The lowest BCUT2D eigenvalue weighted by Crippen LogP contribution is -2.14. The van der Waals surface area contributed by atoms with Gasteiger partial charge in [0.1, 0.15) is 17.5 Å². The number of aromatic nitrogens is 4. The van der Waals surface area contributed by atoms with E-state index in [0.29, 0.717) is 5.56 Å². The largest absolute Gasteiger partial charge is 0.320 e. The van der Waals surface area contributed by atoms with E-state index < -0.39 is 11.4 Å². The van der Waals surface area contributed by atoms with Gasteiger partial charge in [0.15, 0.2) is 11.2 Å². The van der Waals surface area contributed by atoms with Gasteiger partial charge < -0.3 is 9.55 Å². The number of nitrogens with zero attached hydrogens (tertiary/aromatic N) is 3. The van der Waals surface area contributed by atoms with Gasteiger partial charge in [0.05, 0.1) is 11.9 Å². The van der Waals surface area contributed by atoms with Gasteiger partial charge in [-0.25, -0.2) is 18.7 Å². The van der Waals surface area contributed by atoms with Crippen molar-refractivity contribution in [2.45, 2.75) is 6.54 Å². The Morgan fingerprint density at radius 1 is 1.08 bits per heavy atom. The van der Waals surface area contributed by atoms with Crippen LogP contribution in [0.5, 0.6) is 0 Å².